The zero-order valence-corrected chi connectivity index (χ0v) is 22.0. The second-order valence-electron chi connectivity index (χ2n) is 10.6. The third-order valence-electron chi connectivity index (χ3n) is 8.13. The molecule has 3 saturated heterocycles. The van der Waals surface area contributed by atoms with E-state index in [1.807, 2.05) is 36.4 Å². The first-order chi connectivity index (χ1) is 19.9. The minimum Gasteiger partial charge on any atom is -0.463 e. The van der Waals surface area contributed by atoms with Crippen molar-refractivity contribution in [1.29, 1.82) is 0 Å². The van der Waals surface area contributed by atoms with Gasteiger partial charge in [-0.3, -0.25) is 4.79 Å². The van der Waals surface area contributed by atoms with E-state index >= 15 is 0 Å². The number of aliphatic hydroxyl groups excluding tert-OH is 3. The average Bonchev–Trinajstić information content (AvgIpc) is 3.76. The SMILES string of the molecule is CC(=O)OC[C@H]1O[C@@H](O[C@@H]2O[C@H](c3ccc4c(c3)OCO4)[C@H]3CO[C@H](c4ccc5c(c4)OCO5)[C@@H]23)[C@H](O)[C@@H](O)[C@@H]1O. The number of carbonyl (C=O) groups is 1. The Hall–Kier alpha value is -3.17. The van der Waals surface area contributed by atoms with E-state index in [4.69, 9.17) is 42.6 Å². The molecule has 2 aromatic rings. The predicted molar refractivity (Wildman–Crippen MR) is 133 cm³/mol. The van der Waals surface area contributed by atoms with E-state index in [0.29, 0.717) is 29.6 Å². The van der Waals surface area contributed by atoms with Crippen molar-refractivity contribution in [2.24, 2.45) is 11.8 Å². The lowest BCUT2D eigenvalue weighted by molar-refractivity contribution is -0.341. The molecule has 3 fully saturated rings. The molecule has 220 valence electrons. The highest BCUT2D eigenvalue weighted by Gasteiger charge is 2.56. The molecule has 0 saturated carbocycles. The van der Waals surface area contributed by atoms with E-state index in [2.05, 4.69) is 0 Å². The second kappa shape index (κ2) is 10.6. The molecule has 5 heterocycles. The highest BCUT2D eigenvalue weighted by molar-refractivity contribution is 5.65. The third kappa shape index (κ3) is 4.77. The zero-order valence-electron chi connectivity index (χ0n) is 22.0. The Morgan fingerprint density at radius 2 is 1.44 bits per heavy atom. The Labute approximate surface area is 234 Å². The maximum atomic E-state index is 11.3. The van der Waals surface area contributed by atoms with Crippen LogP contribution in [-0.4, -0.2) is 85.1 Å². The number of carbonyl (C=O) groups excluding carboxylic acids is 1. The number of ether oxygens (including phenoxy) is 9. The van der Waals surface area contributed by atoms with Crippen molar-refractivity contribution in [2.75, 3.05) is 26.8 Å². The van der Waals surface area contributed by atoms with Crippen molar-refractivity contribution in [3.05, 3.63) is 47.5 Å². The summed E-state index contributed by atoms with van der Waals surface area (Å²) in [5, 5.41) is 31.7. The normalized spacial score (nSPS) is 36.8. The highest BCUT2D eigenvalue weighted by atomic mass is 16.8. The van der Waals surface area contributed by atoms with Gasteiger partial charge in [0.1, 0.15) is 31.0 Å². The molecule has 13 nitrogen and oxygen atoms in total. The largest absolute Gasteiger partial charge is 0.463 e. The second-order valence-corrected chi connectivity index (χ2v) is 10.6. The number of aliphatic hydroxyl groups is 3. The van der Waals surface area contributed by atoms with Crippen LogP contribution in [0.2, 0.25) is 0 Å². The van der Waals surface area contributed by atoms with Crippen molar-refractivity contribution in [3.8, 4) is 23.0 Å². The fourth-order valence-electron chi connectivity index (χ4n) is 6.08. The summed E-state index contributed by atoms with van der Waals surface area (Å²) in [5.74, 6) is 1.39. The molecule has 0 amide bonds. The lowest BCUT2D eigenvalue weighted by Gasteiger charge is -2.41. The van der Waals surface area contributed by atoms with Gasteiger partial charge in [0.2, 0.25) is 13.6 Å². The number of esters is 1. The van der Waals surface area contributed by atoms with Crippen LogP contribution < -0.4 is 18.9 Å². The van der Waals surface area contributed by atoms with Gasteiger partial charge in [-0.2, -0.15) is 0 Å². The number of hydrogen-bond donors (Lipinski definition) is 3. The van der Waals surface area contributed by atoms with Crippen LogP contribution in [0.3, 0.4) is 0 Å². The van der Waals surface area contributed by atoms with Crippen LogP contribution in [0.25, 0.3) is 0 Å². The molecule has 41 heavy (non-hydrogen) atoms. The van der Waals surface area contributed by atoms with E-state index < -0.39 is 55.2 Å². The van der Waals surface area contributed by atoms with E-state index in [1.165, 1.54) is 6.92 Å². The van der Waals surface area contributed by atoms with Gasteiger partial charge in [-0.15, -0.1) is 0 Å². The van der Waals surface area contributed by atoms with Crippen LogP contribution in [0, 0.1) is 11.8 Å². The smallest absolute Gasteiger partial charge is 0.302 e. The molecular formula is C28H30O13. The lowest BCUT2D eigenvalue weighted by atomic mass is 9.84. The molecule has 2 aromatic carbocycles. The van der Waals surface area contributed by atoms with E-state index in [9.17, 15) is 20.1 Å². The molecule has 13 heteroatoms. The van der Waals surface area contributed by atoms with Crippen LogP contribution in [0.1, 0.15) is 30.3 Å². The van der Waals surface area contributed by atoms with Gasteiger partial charge in [-0.1, -0.05) is 12.1 Å². The Morgan fingerprint density at radius 3 is 2.10 bits per heavy atom. The molecular weight excluding hydrogens is 544 g/mol. The van der Waals surface area contributed by atoms with Crippen molar-refractivity contribution >= 4 is 5.97 Å². The fraction of sp³-hybridized carbons (Fsp3) is 0.536. The molecule has 0 unspecified atom stereocenters. The first-order valence-corrected chi connectivity index (χ1v) is 13.4. The first kappa shape index (κ1) is 26.7. The summed E-state index contributed by atoms with van der Waals surface area (Å²) in [6.45, 7) is 1.51. The van der Waals surface area contributed by atoms with Crippen LogP contribution >= 0.6 is 0 Å². The minimum absolute atomic E-state index is 0.136. The zero-order chi connectivity index (χ0) is 28.2. The highest BCUT2D eigenvalue weighted by Crippen LogP contribution is 2.55. The van der Waals surface area contributed by atoms with Gasteiger partial charge < -0.3 is 58.0 Å². The standard InChI is InChI=1S/C28H30O13/c1-12(29)33-9-20-22(30)23(31)24(32)28(39-20)41-27-21-15(25(40-27)13-2-4-16-18(6-13)37-10-35-16)8-34-26(21)14-3-5-17-19(7-14)38-11-36-17/h2-7,15,20-28,30-32H,8-11H2,1H3/t15-,20+,21-,22+,23-,24+,25+,26+,27-,28-/m0/s1. The molecule has 0 bridgehead atoms. The Balaban J connectivity index is 1.18. The first-order valence-electron chi connectivity index (χ1n) is 13.4. The maximum Gasteiger partial charge on any atom is 0.302 e. The van der Waals surface area contributed by atoms with Gasteiger partial charge in [-0.05, 0) is 35.4 Å². The molecule has 3 N–H and O–H groups in total. The summed E-state index contributed by atoms with van der Waals surface area (Å²) < 4.78 is 51.9. The lowest BCUT2D eigenvalue weighted by Crippen LogP contribution is -2.60. The topological polar surface area (TPSA) is 161 Å². The molecule has 5 aliphatic heterocycles. The molecule has 0 radical (unpaired) electrons. The molecule has 7 rings (SSSR count). The number of benzene rings is 2. The van der Waals surface area contributed by atoms with Gasteiger partial charge in [0.25, 0.3) is 0 Å². The van der Waals surface area contributed by atoms with Crippen LogP contribution in [0.5, 0.6) is 23.0 Å². The van der Waals surface area contributed by atoms with Gasteiger partial charge in [0.15, 0.2) is 35.6 Å². The predicted octanol–water partition coefficient (Wildman–Crippen LogP) is 0.933. The fourth-order valence-corrected chi connectivity index (χ4v) is 6.08. The summed E-state index contributed by atoms with van der Waals surface area (Å²) in [4.78, 5) is 11.3. The Kier molecular flexibility index (Phi) is 6.90. The Bertz CT molecular complexity index is 1250. The van der Waals surface area contributed by atoms with Gasteiger partial charge >= 0.3 is 5.97 Å². The van der Waals surface area contributed by atoms with Crippen molar-refractivity contribution in [1.82, 2.24) is 0 Å². The number of fused-ring (bicyclic) bond motifs is 3. The van der Waals surface area contributed by atoms with E-state index in [-0.39, 0.29) is 32.0 Å². The Morgan fingerprint density at radius 1 is 0.805 bits per heavy atom. The molecule has 0 aliphatic carbocycles. The number of hydrogen-bond acceptors (Lipinski definition) is 13. The number of rotatable bonds is 6. The summed E-state index contributed by atoms with van der Waals surface area (Å²) in [6.07, 6.45) is -9.12. The van der Waals surface area contributed by atoms with Crippen molar-refractivity contribution in [2.45, 2.75) is 56.1 Å². The van der Waals surface area contributed by atoms with Gasteiger partial charge in [-0.25, -0.2) is 0 Å². The molecule has 0 spiro atoms. The maximum absolute atomic E-state index is 11.3. The van der Waals surface area contributed by atoms with Gasteiger partial charge in [0.05, 0.1) is 18.8 Å². The summed E-state index contributed by atoms with van der Waals surface area (Å²) in [6, 6.07) is 11.2. The van der Waals surface area contributed by atoms with Crippen molar-refractivity contribution < 1.29 is 62.7 Å². The summed E-state index contributed by atoms with van der Waals surface area (Å²) in [7, 11) is 0. The van der Waals surface area contributed by atoms with Crippen LogP contribution in [-0.2, 0) is 28.5 Å². The molecule has 0 aromatic heterocycles. The summed E-state index contributed by atoms with van der Waals surface area (Å²) >= 11 is 0. The quantitative estimate of drug-likeness (QED) is 0.419. The van der Waals surface area contributed by atoms with Crippen molar-refractivity contribution in [3.63, 3.8) is 0 Å². The van der Waals surface area contributed by atoms with E-state index in [0.717, 1.165) is 11.1 Å². The van der Waals surface area contributed by atoms with E-state index in [1.54, 1.807) is 0 Å². The van der Waals surface area contributed by atoms with Gasteiger partial charge in [0, 0.05) is 18.8 Å². The monoisotopic (exact) mass is 574 g/mol. The third-order valence-corrected chi connectivity index (χ3v) is 8.13. The van der Waals surface area contributed by atoms with Crippen LogP contribution in [0.15, 0.2) is 36.4 Å². The van der Waals surface area contributed by atoms with Crippen LogP contribution in [0.4, 0.5) is 0 Å². The average molecular weight is 575 g/mol. The molecule has 10 atom stereocenters. The molecule has 5 aliphatic rings. The summed E-state index contributed by atoms with van der Waals surface area (Å²) in [5.41, 5.74) is 1.66. The minimum atomic E-state index is -1.61.